The first-order valence-corrected chi connectivity index (χ1v) is 4.99. The van der Waals surface area contributed by atoms with Gasteiger partial charge in [-0.3, -0.25) is 9.59 Å². The van der Waals surface area contributed by atoms with E-state index in [9.17, 15) is 9.59 Å². The second kappa shape index (κ2) is 3.50. The van der Waals surface area contributed by atoms with Gasteiger partial charge >= 0.3 is 0 Å². The zero-order chi connectivity index (χ0) is 11.0. The van der Waals surface area contributed by atoms with Gasteiger partial charge in [-0.2, -0.15) is 0 Å². The van der Waals surface area contributed by atoms with E-state index in [1.165, 1.54) is 13.8 Å². The van der Waals surface area contributed by atoms with Gasteiger partial charge in [0.2, 0.25) is 5.91 Å². The molecule has 3 nitrogen and oxygen atoms in total. The molecule has 1 aliphatic heterocycles. The Morgan fingerprint density at radius 3 is 2.53 bits per heavy atom. The number of Topliss-reactive ketones (excluding diaryl/α,β-unsaturated/α-hetero) is 1. The highest BCUT2D eigenvalue weighted by molar-refractivity contribution is 6.02. The minimum absolute atomic E-state index is 0.0430. The summed E-state index contributed by atoms with van der Waals surface area (Å²) >= 11 is 0. The van der Waals surface area contributed by atoms with E-state index in [0.29, 0.717) is 6.42 Å². The smallest absolute Gasteiger partial charge is 0.224 e. The zero-order valence-electron chi connectivity index (χ0n) is 8.86. The molecule has 2 rings (SSSR count). The number of amides is 1. The van der Waals surface area contributed by atoms with Crippen LogP contribution in [0.1, 0.15) is 19.4 Å². The number of ketones is 1. The molecule has 15 heavy (non-hydrogen) atoms. The summed E-state index contributed by atoms with van der Waals surface area (Å²) in [4.78, 5) is 24.5. The van der Waals surface area contributed by atoms with Crippen molar-refractivity contribution in [3.05, 3.63) is 29.8 Å². The summed E-state index contributed by atoms with van der Waals surface area (Å²) in [6.45, 7) is 3.03. The highest BCUT2D eigenvalue weighted by Gasteiger charge is 2.34. The number of hydrogen-bond donors (Lipinski definition) is 0. The van der Waals surface area contributed by atoms with Crippen molar-refractivity contribution in [1.82, 2.24) is 0 Å². The van der Waals surface area contributed by atoms with Gasteiger partial charge in [-0.05, 0) is 18.6 Å². The van der Waals surface area contributed by atoms with E-state index in [2.05, 4.69) is 0 Å². The molecule has 0 saturated heterocycles. The van der Waals surface area contributed by atoms with Gasteiger partial charge < -0.3 is 4.90 Å². The van der Waals surface area contributed by atoms with Crippen LogP contribution in [0.15, 0.2) is 24.3 Å². The molecule has 78 valence electrons. The molecule has 0 radical (unpaired) electrons. The van der Waals surface area contributed by atoms with Crippen LogP contribution in [-0.2, 0) is 16.0 Å². The van der Waals surface area contributed by atoms with E-state index in [-0.39, 0.29) is 17.7 Å². The van der Waals surface area contributed by atoms with Crippen LogP contribution in [0.2, 0.25) is 0 Å². The highest BCUT2D eigenvalue weighted by atomic mass is 16.2. The number of benzene rings is 1. The number of rotatable bonds is 1. The fraction of sp³-hybridized carbons (Fsp3) is 0.333. The van der Waals surface area contributed by atoms with Crippen molar-refractivity contribution in [3.63, 3.8) is 0 Å². The van der Waals surface area contributed by atoms with Crippen LogP contribution in [-0.4, -0.2) is 17.7 Å². The second-order valence-corrected chi connectivity index (χ2v) is 3.85. The average molecular weight is 203 g/mol. The van der Waals surface area contributed by atoms with Crippen molar-refractivity contribution in [2.45, 2.75) is 26.3 Å². The monoisotopic (exact) mass is 203 g/mol. The van der Waals surface area contributed by atoms with Crippen LogP contribution < -0.4 is 4.90 Å². The average Bonchev–Trinajstić information content (AvgIpc) is 2.56. The van der Waals surface area contributed by atoms with Crippen LogP contribution in [0.5, 0.6) is 0 Å². The maximum atomic E-state index is 11.5. The van der Waals surface area contributed by atoms with Gasteiger partial charge in [0, 0.05) is 19.0 Å². The number of carbonyl (C=O) groups is 2. The minimum atomic E-state index is -0.306. The van der Waals surface area contributed by atoms with Crippen LogP contribution in [0.3, 0.4) is 0 Å². The van der Waals surface area contributed by atoms with Gasteiger partial charge in [-0.1, -0.05) is 18.2 Å². The SMILES string of the molecule is CC(=O)C1Cc2ccccc2N1C(C)=O. The lowest BCUT2D eigenvalue weighted by Crippen LogP contribution is -2.40. The third-order valence-corrected chi connectivity index (χ3v) is 2.78. The molecule has 0 N–H and O–H groups in total. The van der Waals surface area contributed by atoms with Crippen molar-refractivity contribution in [3.8, 4) is 0 Å². The van der Waals surface area contributed by atoms with Crippen molar-refractivity contribution in [2.75, 3.05) is 4.90 Å². The molecule has 0 bridgehead atoms. The minimum Gasteiger partial charge on any atom is -0.302 e. The molecule has 0 aliphatic carbocycles. The van der Waals surface area contributed by atoms with E-state index in [1.807, 2.05) is 24.3 Å². The molecular weight excluding hydrogens is 190 g/mol. The van der Waals surface area contributed by atoms with Crippen molar-refractivity contribution < 1.29 is 9.59 Å². The molecule has 1 amide bonds. The topological polar surface area (TPSA) is 37.4 Å². The normalized spacial score (nSPS) is 18.8. The fourth-order valence-corrected chi connectivity index (χ4v) is 2.10. The first-order valence-electron chi connectivity index (χ1n) is 4.99. The van der Waals surface area contributed by atoms with Gasteiger partial charge in [0.05, 0.1) is 6.04 Å². The first-order chi connectivity index (χ1) is 7.11. The Balaban J connectivity index is 2.46. The fourth-order valence-electron chi connectivity index (χ4n) is 2.10. The Morgan fingerprint density at radius 2 is 1.93 bits per heavy atom. The summed E-state index contributed by atoms with van der Waals surface area (Å²) in [6, 6.07) is 7.37. The number of nitrogens with zero attached hydrogens (tertiary/aromatic N) is 1. The van der Waals surface area contributed by atoms with Gasteiger partial charge in [0.15, 0.2) is 5.78 Å². The third kappa shape index (κ3) is 1.54. The largest absolute Gasteiger partial charge is 0.302 e. The third-order valence-electron chi connectivity index (χ3n) is 2.78. The van der Waals surface area contributed by atoms with Gasteiger partial charge in [0.1, 0.15) is 0 Å². The summed E-state index contributed by atoms with van der Waals surface area (Å²) in [5, 5.41) is 0. The first kappa shape index (κ1) is 9.90. The molecule has 1 aromatic rings. The van der Waals surface area contributed by atoms with Gasteiger partial charge in [-0.15, -0.1) is 0 Å². The summed E-state index contributed by atoms with van der Waals surface area (Å²) in [7, 11) is 0. The Bertz CT molecular complexity index is 425. The number of anilines is 1. The van der Waals surface area contributed by atoms with E-state index in [1.54, 1.807) is 4.90 Å². The van der Waals surface area contributed by atoms with E-state index in [4.69, 9.17) is 0 Å². The van der Waals surface area contributed by atoms with Gasteiger partial charge in [0.25, 0.3) is 0 Å². The number of hydrogen-bond acceptors (Lipinski definition) is 2. The molecule has 0 fully saturated rings. The highest BCUT2D eigenvalue weighted by Crippen LogP contribution is 2.32. The Kier molecular flexibility index (Phi) is 2.31. The van der Waals surface area contributed by atoms with Crippen molar-refractivity contribution in [1.29, 1.82) is 0 Å². The predicted octanol–water partition coefficient (Wildman–Crippen LogP) is 1.55. The summed E-state index contributed by atoms with van der Waals surface area (Å²) in [6.07, 6.45) is 0.644. The van der Waals surface area contributed by atoms with E-state index >= 15 is 0 Å². The summed E-state index contributed by atoms with van der Waals surface area (Å²) in [5.41, 5.74) is 1.96. The molecule has 0 spiro atoms. The van der Waals surface area contributed by atoms with Crippen molar-refractivity contribution >= 4 is 17.4 Å². The Morgan fingerprint density at radius 1 is 1.27 bits per heavy atom. The lowest BCUT2D eigenvalue weighted by Gasteiger charge is -2.21. The molecule has 0 saturated carbocycles. The molecule has 1 aliphatic rings. The maximum Gasteiger partial charge on any atom is 0.224 e. The Labute approximate surface area is 88.7 Å². The van der Waals surface area contributed by atoms with E-state index in [0.717, 1.165) is 11.3 Å². The van der Waals surface area contributed by atoms with Crippen LogP contribution >= 0.6 is 0 Å². The number of para-hydroxylation sites is 1. The molecule has 1 atom stereocenters. The lowest BCUT2D eigenvalue weighted by atomic mass is 10.1. The molecule has 0 aromatic heterocycles. The van der Waals surface area contributed by atoms with Crippen LogP contribution in [0, 0.1) is 0 Å². The standard InChI is InChI=1S/C12H13NO2/c1-8(14)12-7-10-5-3-4-6-11(10)13(12)9(2)15/h3-6,12H,7H2,1-2H3. The van der Waals surface area contributed by atoms with Crippen LogP contribution in [0.4, 0.5) is 5.69 Å². The molecule has 1 aromatic carbocycles. The summed E-state index contributed by atoms with van der Waals surface area (Å²) < 4.78 is 0. The molecular formula is C12H13NO2. The second-order valence-electron chi connectivity index (χ2n) is 3.85. The van der Waals surface area contributed by atoms with E-state index < -0.39 is 0 Å². The van der Waals surface area contributed by atoms with Crippen LogP contribution in [0.25, 0.3) is 0 Å². The molecule has 3 heteroatoms. The lowest BCUT2D eigenvalue weighted by molar-refractivity contribution is -0.122. The summed E-state index contributed by atoms with van der Waals surface area (Å²) in [5.74, 6) is -0.0263. The quantitative estimate of drug-likeness (QED) is 0.694. The molecule has 1 heterocycles. The van der Waals surface area contributed by atoms with Gasteiger partial charge in [-0.25, -0.2) is 0 Å². The number of fused-ring (bicyclic) bond motifs is 1. The Hall–Kier alpha value is -1.64. The predicted molar refractivity (Wildman–Crippen MR) is 57.8 cm³/mol. The maximum absolute atomic E-state index is 11.5. The molecule has 1 unspecified atom stereocenters. The zero-order valence-corrected chi connectivity index (χ0v) is 8.86. The number of carbonyl (C=O) groups excluding carboxylic acids is 2. The van der Waals surface area contributed by atoms with Crippen molar-refractivity contribution in [2.24, 2.45) is 0 Å².